The minimum atomic E-state index is -0.622. The number of ether oxygens (including phenoxy) is 3. The topological polar surface area (TPSA) is 78.9 Å². The Morgan fingerprint density at radius 2 is 0.949 bits per heavy atom. The number of esters is 3. The third-order valence-electron chi connectivity index (χ3n) is 7.09. The lowest BCUT2D eigenvalue weighted by molar-refractivity contribution is 0.0393. The van der Waals surface area contributed by atoms with E-state index in [9.17, 15) is 14.4 Å². The van der Waals surface area contributed by atoms with E-state index in [0.29, 0.717) is 6.61 Å². The van der Waals surface area contributed by atoms with Crippen molar-refractivity contribution in [2.24, 2.45) is 17.8 Å². The van der Waals surface area contributed by atoms with Gasteiger partial charge in [-0.1, -0.05) is 99.3 Å². The average molecular weight is 547 g/mol. The van der Waals surface area contributed by atoms with Gasteiger partial charge in [0, 0.05) is 0 Å². The monoisotopic (exact) mass is 546 g/mol. The number of hydrogen-bond acceptors (Lipinski definition) is 6. The van der Waals surface area contributed by atoms with Crippen LogP contribution in [0.1, 0.15) is 150 Å². The molecule has 0 spiro atoms. The van der Waals surface area contributed by atoms with E-state index in [-0.39, 0.29) is 47.7 Å². The molecule has 3 unspecified atom stereocenters. The van der Waals surface area contributed by atoms with Crippen LogP contribution in [-0.2, 0) is 14.2 Å². The van der Waals surface area contributed by atoms with Crippen LogP contribution in [0.25, 0.3) is 0 Å². The van der Waals surface area contributed by atoms with Crippen LogP contribution in [0.2, 0.25) is 0 Å². The molecule has 0 aliphatic carbocycles. The van der Waals surface area contributed by atoms with Crippen LogP contribution in [0.4, 0.5) is 0 Å². The van der Waals surface area contributed by atoms with E-state index < -0.39 is 17.9 Å². The summed E-state index contributed by atoms with van der Waals surface area (Å²) in [5.41, 5.74) is 0.386. The minimum Gasteiger partial charge on any atom is -0.462 e. The van der Waals surface area contributed by atoms with Crippen LogP contribution in [0.5, 0.6) is 0 Å². The van der Waals surface area contributed by atoms with E-state index in [2.05, 4.69) is 34.6 Å². The van der Waals surface area contributed by atoms with Crippen molar-refractivity contribution in [2.45, 2.75) is 119 Å². The number of carbonyl (C=O) groups is 3. The van der Waals surface area contributed by atoms with Gasteiger partial charge in [0.15, 0.2) is 0 Å². The third-order valence-corrected chi connectivity index (χ3v) is 7.09. The Labute approximate surface area is 237 Å². The van der Waals surface area contributed by atoms with Crippen molar-refractivity contribution in [3.05, 3.63) is 34.9 Å². The first-order chi connectivity index (χ1) is 18.7. The molecule has 0 aliphatic heterocycles. The first-order valence-corrected chi connectivity index (χ1v) is 15.4. The highest BCUT2D eigenvalue weighted by Crippen LogP contribution is 2.20. The van der Waals surface area contributed by atoms with Crippen molar-refractivity contribution in [3.8, 4) is 0 Å². The molecule has 0 saturated heterocycles. The highest BCUT2D eigenvalue weighted by molar-refractivity contribution is 6.05. The maximum atomic E-state index is 13.1. The minimum absolute atomic E-state index is 0.0461. The molecular formula is C33H54O6. The van der Waals surface area contributed by atoms with Gasteiger partial charge in [-0.05, 0) is 55.2 Å². The molecule has 6 nitrogen and oxygen atoms in total. The van der Waals surface area contributed by atoms with Crippen LogP contribution in [0.15, 0.2) is 18.2 Å². The summed E-state index contributed by atoms with van der Waals surface area (Å²) in [6, 6.07) is 4.41. The van der Waals surface area contributed by atoms with Crippen LogP contribution >= 0.6 is 0 Å². The summed E-state index contributed by atoms with van der Waals surface area (Å²) in [6.07, 6.45) is 13.1. The Morgan fingerprint density at radius 1 is 0.564 bits per heavy atom. The average Bonchev–Trinajstić information content (AvgIpc) is 2.93. The number of rotatable bonds is 21. The second-order valence-electron chi connectivity index (χ2n) is 11.4. The summed E-state index contributed by atoms with van der Waals surface area (Å²) < 4.78 is 16.7. The standard InChI is InChI=1S/C33H54O6/c1-7-10-13-16-25(4)22-37-31(34)28-19-20-29(32(35)38-23-26(5)17-14-11-8-2)30(21-28)33(36)39-24-27(6)18-15-12-9-3/h19-21,25-27H,7-18,22-24H2,1-6H3. The number of carbonyl (C=O) groups excluding carboxylic acids is 3. The molecule has 3 atom stereocenters. The fraction of sp³-hybridized carbons (Fsp3) is 0.727. The van der Waals surface area contributed by atoms with Gasteiger partial charge in [0.25, 0.3) is 0 Å². The number of hydrogen-bond donors (Lipinski definition) is 0. The Bertz CT molecular complexity index is 849. The SMILES string of the molecule is CCCCCC(C)COC(=O)c1ccc(C(=O)OCC(C)CCCCC)c(C(=O)OCC(C)CCCCC)c1. The molecular weight excluding hydrogens is 492 g/mol. The van der Waals surface area contributed by atoms with Crippen LogP contribution in [0.3, 0.4) is 0 Å². The van der Waals surface area contributed by atoms with E-state index in [1.54, 1.807) is 0 Å². The van der Waals surface area contributed by atoms with Crippen molar-refractivity contribution in [1.29, 1.82) is 0 Å². The van der Waals surface area contributed by atoms with Gasteiger partial charge in [0.2, 0.25) is 0 Å². The summed E-state index contributed by atoms with van der Waals surface area (Å²) in [5, 5.41) is 0. The smallest absolute Gasteiger partial charge is 0.339 e. The summed E-state index contributed by atoms with van der Waals surface area (Å²) in [4.78, 5) is 38.9. The lowest BCUT2D eigenvalue weighted by atomic mass is 10.0. The first kappa shape index (κ1) is 34.7. The summed E-state index contributed by atoms with van der Waals surface area (Å²) in [6.45, 7) is 13.5. The predicted octanol–water partition coefficient (Wildman–Crippen LogP) is 8.81. The molecule has 0 fully saturated rings. The van der Waals surface area contributed by atoms with E-state index in [1.165, 1.54) is 18.2 Å². The normalized spacial score (nSPS) is 13.4. The Morgan fingerprint density at radius 3 is 1.36 bits per heavy atom. The van der Waals surface area contributed by atoms with Gasteiger partial charge < -0.3 is 14.2 Å². The zero-order valence-electron chi connectivity index (χ0n) is 25.5. The van der Waals surface area contributed by atoms with Gasteiger partial charge in [-0.15, -0.1) is 0 Å². The highest BCUT2D eigenvalue weighted by atomic mass is 16.5. The van der Waals surface area contributed by atoms with Crippen molar-refractivity contribution in [2.75, 3.05) is 19.8 Å². The number of benzene rings is 1. The maximum absolute atomic E-state index is 13.1. The molecule has 0 aromatic heterocycles. The van der Waals surface area contributed by atoms with E-state index in [0.717, 1.165) is 77.0 Å². The quantitative estimate of drug-likeness (QED) is 0.0871. The molecule has 0 saturated carbocycles. The lowest BCUT2D eigenvalue weighted by Gasteiger charge is -2.16. The van der Waals surface area contributed by atoms with Gasteiger partial charge in [0.1, 0.15) is 0 Å². The molecule has 1 aromatic carbocycles. The van der Waals surface area contributed by atoms with Gasteiger partial charge in [-0.3, -0.25) is 0 Å². The van der Waals surface area contributed by atoms with Gasteiger partial charge in [-0.2, -0.15) is 0 Å². The van der Waals surface area contributed by atoms with Crippen molar-refractivity contribution in [3.63, 3.8) is 0 Å². The largest absolute Gasteiger partial charge is 0.462 e. The molecule has 0 N–H and O–H groups in total. The zero-order chi connectivity index (χ0) is 29.0. The first-order valence-electron chi connectivity index (χ1n) is 15.4. The van der Waals surface area contributed by atoms with E-state index in [4.69, 9.17) is 14.2 Å². The molecule has 39 heavy (non-hydrogen) atoms. The maximum Gasteiger partial charge on any atom is 0.339 e. The summed E-state index contributed by atoms with van der Waals surface area (Å²) in [7, 11) is 0. The van der Waals surface area contributed by atoms with Crippen LogP contribution in [-0.4, -0.2) is 37.7 Å². The molecule has 1 rings (SSSR count). The zero-order valence-corrected chi connectivity index (χ0v) is 25.5. The summed E-state index contributed by atoms with van der Waals surface area (Å²) >= 11 is 0. The Kier molecular flexibility index (Phi) is 18.2. The summed E-state index contributed by atoms with van der Waals surface area (Å²) in [5.74, 6) is -1.01. The third kappa shape index (κ3) is 14.5. The highest BCUT2D eigenvalue weighted by Gasteiger charge is 2.23. The molecule has 1 aromatic rings. The van der Waals surface area contributed by atoms with Crippen LogP contribution < -0.4 is 0 Å². The molecule has 222 valence electrons. The van der Waals surface area contributed by atoms with E-state index >= 15 is 0 Å². The predicted molar refractivity (Wildman–Crippen MR) is 157 cm³/mol. The van der Waals surface area contributed by atoms with Crippen molar-refractivity contribution >= 4 is 17.9 Å². The fourth-order valence-electron chi connectivity index (χ4n) is 4.39. The second-order valence-corrected chi connectivity index (χ2v) is 11.4. The Hall–Kier alpha value is -2.37. The van der Waals surface area contributed by atoms with Crippen molar-refractivity contribution in [1.82, 2.24) is 0 Å². The van der Waals surface area contributed by atoms with E-state index in [1.807, 2.05) is 6.92 Å². The fourth-order valence-corrected chi connectivity index (χ4v) is 4.39. The molecule has 6 heteroatoms. The molecule has 0 radical (unpaired) electrons. The Balaban J connectivity index is 2.95. The molecule has 0 heterocycles. The molecule has 0 amide bonds. The molecule has 0 aliphatic rings. The van der Waals surface area contributed by atoms with Crippen LogP contribution in [0, 0.1) is 17.8 Å². The second kappa shape index (κ2) is 20.5. The van der Waals surface area contributed by atoms with Gasteiger partial charge >= 0.3 is 17.9 Å². The van der Waals surface area contributed by atoms with Gasteiger partial charge in [-0.25, -0.2) is 14.4 Å². The lowest BCUT2D eigenvalue weighted by Crippen LogP contribution is -2.20. The van der Waals surface area contributed by atoms with Gasteiger partial charge in [0.05, 0.1) is 36.5 Å². The van der Waals surface area contributed by atoms with Crippen molar-refractivity contribution < 1.29 is 28.6 Å². The molecule has 0 bridgehead atoms. The number of unbranched alkanes of at least 4 members (excludes halogenated alkanes) is 6.